The minimum absolute atomic E-state index is 0.0239. The zero-order valence-corrected chi connectivity index (χ0v) is 18.5. The first-order chi connectivity index (χ1) is 14.8. The van der Waals surface area contributed by atoms with E-state index in [1.165, 1.54) is 18.5 Å². The Bertz CT molecular complexity index is 1210. The highest BCUT2D eigenvalue weighted by atomic mass is 35.5. The Hall–Kier alpha value is -2.76. The summed E-state index contributed by atoms with van der Waals surface area (Å²) in [5, 5.41) is 5.45. The average molecular weight is 464 g/mol. The number of nitrogens with one attached hydrogen (secondary N) is 1. The molecule has 4 rings (SSSR count). The maximum atomic E-state index is 12.5. The van der Waals surface area contributed by atoms with E-state index in [4.69, 9.17) is 11.6 Å². The molecule has 0 atom stereocenters. The molecule has 2 aromatic heterocycles. The number of aromatic nitrogens is 4. The van der Waals surface area contributed by atoms with Crippen molar-refractivity contribution < 1.29 is 13.2 Å². The van der Waals surface area contributed by atoms with E-state index in [9.17, 15) is 13.2 Å². The van der Waals surface area contributed by atoms with Crippen LogP contribution in [-0.2, 0) is 21.9 Å². The molecular weight excluding hydrogens is 442 g/mol. The largest absolute Gasteiger partial charge is 0.352 e. The van der Waals surface area contributed by atoms with Crippen LogP contribution in [-0.4, -0.2) is 71.7 Å². The van der Waals surface area contributed by atoms with Gasteiger partial charge in [0.25, 0.3) is 0 Å². The van der Waals surface area contributed by atoms with Gasteiger partial charge >= 0.3 is 0 Å². The molecule has 3 heterocycles. The first-order valence-electron chi connectivity index (χ1n) is 9.76. The molecule has 1 fully saturated rings. The van der Waals surface area contributed by atoms with Crippen molar-refractivity contribution >= 4 is 44.4 Å². The van der Waals surface area contributed by atoms with Crippen molar-refractivity contribution in [1.29, 1.82) is 0 Å². The predicted octanol–water partition coefficient (Wildman–Crippen LogP) is 1.03. The minimum Gasteiger partial charge on any atom is -0.352 e. The lowest BCUT2D eigenvalue weighted by Crippen LogP contribution is -2.49. The summed E-state index contributed by atoms with van der Waals surface area (Å²) in [5.41, 5.74) is 0.760. The Morgan fingerprint density at radius 2 is 1.97 bits per heavy atom. The van der Waals surface area contributed by atoms with Gasteiger partial charge in [-0.2, -0.15) is 5.10 Å². The standard InChI is InChI=1S/C19H22ClN7O3S/c1-25-18-16(12-23-25)19(22-13-21-18)27-9-7-26(8-10-27)17(28)5-6-24-31(29,30)15-4-2-3-14(20)11-15/h2-4,11-13,24H,5-10H2,1H3. The summed E-state index contributed by atoms with van der Waals surface area (Å²) in [4.78, 5) is 25.1. The second-order valence-electron chi connectivity index (χ2n) is 7.18. The monoisotopic (exact) mass is 463 g/mol. The van der Waals surface area contributed by atoms with Gasteiger partial charge in [0.2, 0.25) is 15.9 Å². The number of hydrogen-bond acceptors (Lipinski definition) is 7. The third-order valence-corrected chi connectivity index (χ3v) is 6.87. The van der Waals surface area contributed by atoms with Crippen LogP contribution in [0.15, 0.2) is 41.7 Å². The van der Waals surface area contributed by atoms with Gasteiger partial charge in [-0.3, -0.25) is 9.48 Å². The molecule has 0 radical (unpaired) electrons. The van der Waals surface area contributed by atoms with Crippen molar-refractivity contribution in [1.82, 2.24) is 29.4 Å². The molecule has 0 saturated carbocycles. The highest BCUT2D eigenvalue weighted by molar-refractivity contribution is 7.89. The molecular formula is C19H22ClN7O3S. The zero-order chi connectivity index (χ0) is 22.0. The summed E-state index contributed by atoms with van der Waals surface area (Å²) < 4.78 is 28.8. The Labute approximate surface area is 184 Å². The summed E-state index contributed by atoms with van der Waals surface area (Å²) in [6.07, 6.45) is 3.34. The summed E-state index contributed by atoms with van der Waals surface area (Å²) in [7, 11) is -1.88. The number of carbonyl (C=O) groups excluding carboxylic acids is 1. The van der Waals surface area contributed by atoms with Crippen LogP contribution in [0.1, 0.15) is 6.42 Å². The Morgan fingerprint density at radius 1 is 1.19 bits per heavy atom. The van der Waals surface area contributed by atoms with Crippen molar-refractivity contribution in [2.75, 3.05) is 37.6 Å². The molecule has 0 spiro atoms. The van der Waals surface area contributed by atoms with Crippen LogP contribution in [0.4, 0.5) is 5.82 Å². The molecule has 10 nitrogen and oxygen atoms in total. The molecule has 0 unspecified atom stereocenters. The number of sulfonamides is 1. The SMILES string of the molecule is Cn1ncc2c(N3CCN(C(=O)CCNS(=O)(=O)c4cccc(Cl)c4)CC3)ncnc21. The first-order valence-corrected chi connectivity index (χ1v) is 11.6. The zero-order valence-electron chi connectivity index (χ0n) is 16.9. The molecule has 0 bridgehead atoms. The molecule has 1 N–H and O–H groups in total. The fraction of sp³-hybridized carbons (Fsp3) is 0.368. The Kier molecular flexibility index (Phi) is 6.08. The third-order valence-electron chi connectivity index (χ3n) is 5.18. The minimum atomic E-state index is -3.71. The van der Waals surface area contributed by atoms with Gasteiger partial charge in [-0.1, -0.05) is 17.7 Å². The van der Waals surface area contributed by atoms with E-state index in [-0.39, 0.29) is 23.8 Å². The summed E-state index contributed by atoms with van der Waals surface area (Å²) in [6.45, 7) is 2.34. The lowest BCUT2D eigenvalue weighted by atomic mass is 10.2. The highest BCUT2D eigenvalue weighted by Gasteiger charge is 2.24. The molecule has 1 aliphatic rings. The lowest BCUT2D eigenvalue weighted by Gasteiger charge is -2.35. The van der Waals surface area contributed by atoms with Crippen LogP contribution < -0.4 is 9.62 Å². The second-order valence-corrected chi connectivity index (χ2v) is 9.38. The van der Waals surface area contributed by atoms with Crippen molar-refractivity contribution in [3.63, 3.8) is 0 Å². The van der Waals surface area contributed by atoms with Gasteiger partial charge in [-0.25, -0.2) is 23.1 Å². The molecule has 164 valence electrons. The van der Waals surface area contributed by atoms with Crippen LogP contribution in [0.25, 0.3) is 11.0 Å². The number of halogens is 1. The van der Waals surface area contributed by atoms with Gasteiger partial charge < -0.3 is 9.80 Å². The van der Waals surface area contributed by atoms with Crippen LogP contribution in [0.2, 0.25) is 5.02 Å². The summed E-state index contributed by atoms with van der Waals surface area (Å²) in [5.74, 6) is 0.710. The van der Waals surface area contributed by atoms with Gasteiger partial charge in [0, 0.05) is 51.2 Å². The number of benzene rings is 1. The summed E-state index contributed by atoms with van der Waals surface area (Å²) >= 11 is 5.86. The molecule has 1 aromatic carbocycles. The van der Waals surface area contributed by atoms with E-state index in [0.717, 1.165) is 16.9 Å². The van der Waals surface area contributed by atoms with E-state index in [2.05, 4.69) is 24.7 Å². The van der Waals surface area contributed by atoms with E-state index < -0.39 is 10.0 Å². The smallest absolute Gasteiger partial charge is 0.240 e. The van der Waals surface area contributed by atoms with Crippen molar-refractivity contribution in [3.8, 4) is 0 Å². The average Bonchev–Trinajstić information content (AvgIpc) is 3.15. The fourth-order valence-corrected chi connectivity index (χ4v) is 4.87. The van der Waals surface area contributed by atoms with Crippen molar-refractivity contribution in [3.05, 3.63) is 41.8 Å². The molecule has 0 aliphatic carbocycles. The number of carbonyl (C=O) groups is 1. The van der Waals surface area contributed by atoms with Gasteiger partial charge in [0.05, 0.1) is 16.5 Å². The van der Waals surface area contributed by atoms with Crippen LogP contribution in [0.3, 0.4) is 0 Å². The second kappa shape index (κ2) is 8.77. The van der Waals surface area contributed by atoms with Crippen LogP contribution >= 0.6 is 11.6 Å². The maximum absolute atomic E-state index is 12.5. The number of rotatable bonds is 6. The van der Waals surface area contributed by atoms with Gasteiger partial charge in [0.15, 0.2) is 5.65 Å². The molecule has 3 aromatic rings. The van der Waals surface area contributed by atoms with Gasteiger partial charge in [-0.05, 0) is 18.2 Å². The van der Waals surface area contributed by atoms with Gasteiger partial charge in [-0.15, -0.1) is 0 Å². The number of nitrogens with zero attached hydrogens (tertiary/aromatic N) is 6. The Morgan fingerprint density at radius 3 is 2.71 bits per heavy atom. The third kappa shape index (κ3) is 4.63. The van der Waals surface area contributed by atoms with E-state index in [0.29, 0.717) is 31.2 Å². The quantitative estimate of drug-likeness (QED) is 0.580. The predicted molar refractivity (Wildman–Crippen MR) is 116 cm³/mol. The number of fused-ring (bicyclic) bond motifs is 1. The normalized spacial score (nSPS) is 14.9. The van der Waals surface area contributed by atoms with E-state index >= 15 is 0 Å². The molecule has 1 amide bonds. The maximum Gasteiger partial charge on any atom is 0.240 e. The number of anilines is 1. The Balaban J connectivity index is 1.30. The molecule has 1 saturated heterocycles. The van der Waals surface area contributed by atoms with Gasteiger partial charge in [0.1, 0.15) is 12.1 Å². The van der Waals surface area contributed by atoms with Crippen LogP contribution in [0, 0.1) is 0 Å². The molecule has 31 heavy (non-hydrogen) atoms. The number of aryl methyl sites for hydroxylation is 1. The molecule has 12 heteroatoms. The number of piperazine rings is 1. The number of amides is 1. The van der Waals surface area contributed by atoms with Crippen molar-refractivity contribution in [2.45, 2.75) is 11.3 Å². The first kappa shape index (κ1) is 21.5. The highest BCUT2D eigenvalue weighted by Crippen LogP contribution is 2.23. The lowest BCUT2D eigenvalue weighted by molar-refractivity contribution is -0.131. The van der Waals surface area contributed by atoms with Crippen LogP contribution in [0.5, 0.6) is 0 Å². The van der Waals surface area contributed by atoms with Crippen molar-refractivity contribution in [2.24, 2.45) is 7.05 Å². The molecule has 1 aliphatic heterocycles. The van der Waals surface area contributed by atoms with E-state index in [1.807, 2.05) is 7.05 Å². The number of hydrogen-bond donors (Lipinski definition) is 1. The topological polar surface area (TPSA) is 113 Å². The fourth-order valence-electron chi connectivity index (χ4n) is 3.54. The summed E-state index contributed by atoms with van der Waals surface area (Å²) in [6, 6.07) is 6.00. The van der Waals surface area contributed by atoms with E-state index in [1.54, 1.807) is 27.9 Å².